The Balaban J connectivity index is 0.000000229. The molecule has 550 valence electrons. The van der Waals surface area contributed by atoms with Crippen LogP contribution < -0.4 is 22.1 Å². The van der Waals surface area contributed by atoms with Gasteiger partial charge in [-0.3, -0.25) is 52.7 Å². The van der Waals surface area contributed by atoms with Crippen molar-refractivity contribution < 1.29 is 81.5 Å². The number of amides is 2. The number of esters is 5. The third-order valence-electron chi connectivity index (χ3n) is 18.1. The highest BCUT2D eigenvalue weighted by Gasteiger charge is 2.34. The summed E-state index contributed by atoms with van der Waals surface area (Å²) in [6.45, 7) is 9.88. The van der Waals surface area contributed by atoms with E-state index in [1.807, 2.05) is 164 Å². The first-order valence-electron chi connectivity index (χ1n) is 34.7. The average Bonchev–Trinajstić information content (AvgIpc) is 1.62. The topological polar surface area (TPSA) is 330 Å². The molecule has 21 heteroatoms. The summed E-state index contributed by atoms with van der Waals surface area (Å²) in [6, 6.07) is 58.0. The van der Waals surface area contributed by atoms with Gasteiger partial charge in [-0.15, -0.1) is 0 Å². The highest BCUT2D eigenvalue weighted by atomic mass is 16.5. The summed E-state index contributed by atoms with van der Waals surface area (Å²) in [6.07, 6.45) is 1.11. The van der Waals surface area contributed by atoms with Crippen LogP contribution in [0.2, 0.25) is 0 Å². The van der Waals surface area contributed by atoms with Gasteiger partial charge in [0.25, 0.3) is 0 Å². The standard InChI is InChI=1S/C33H35NO6.C19H18O4.C17H24N2O4.C14H19NO3/c1-21(17-31(36)40-20-29-27-15-9-7-13-25(27)26-14-8-10-16-28(26)29)32(37)34-22(2)30(35)19-24(33(38)39-3)18-23-11-5-4-6-12-23;1-12(19(21)22)10-18(20)23-11-17-15-8-4-2-6-13(15)14-7-3-5-9-16(14)17;1-11(18)16(21)19-12(2)15(20)10-14(17(22)23-3)9-13-7-5-4-6-8-13;1-10(15)13(16)9-12(14(17)18-2)8-11-6-4-3-5-7-11/h4-16,21-22,24,29H,17-20H2,1-3H3,(H,34,37);2-9,12,17H,10-11H2,1H3,(H,21,22);4-8,11-12,14H,9-10,18H2,1-3H3,(H,19,21);3-7,10,12H,8-9,15H2,1-2H3/t21-,22+,24-;12-;11-,12-,14?;10-,12?/m1100/s1. The predicted molar refractivity (Wildman–Crippen MR) is 393 cm³/mol. The van der Waals surface area contributed by atoms with Gasteiger partial charge in [-0.1, -0.05) is 202 Å². The first kappa shape index (κ1) is 82.2. The Labute approximate surface area is 608 Å². The number of hydrogen-bond donors (Lipinski definition) is 5. The smallest absolute Gasteiger partial charge is 0.309 e. The van der Waals surface area contributed by atoms with Crippen LogP contribution in [-0.4, -0.2) is 129 Å². The lowest BCUT2D eigenvalue weighted by atomic mass is 9.92. The Morgan fingerprint density at radius 3 is 0.933 bits per heavy atom. The number of carbonyl (C=O) groups is 11. The molecule has 9 rings (SSSR count). The molecule has 7 N–H and O–H groups in total. The largest absolute Gasteiger partial charge is 0.481 e. The van der Waals surface area contributed by atoms with Crippen molar-refractivity contribution >= 4 is 65.0 Å². The molecule has 0 fully saturated rings. The number of nitrogens with one attached hydrogen (secondary N) is 2. The molecule has 0 bridgehead atoms. The molecule has 0 spiro atoms. The number of ketones is 3. The number of carbonyl (C=O) groups excluding carboxylic acids is 10. The molecule has 7 aromatic rings. The van der Waals surface area contributed by atoms with E-state index in [0.717, 1.165) is 50.1 Å². The fourth-order valence-corrected chi connectivity index (χ4v) is 12.1. The number of nitrogens with two attached hydrogens (primary N) is 2. The van der Waals surface area contributed by atoms with Gasteiger partial charge in [-0.2, -0.15) is 0 Å². The number of rotatable bonds is 31. The second kappa shape index (κ2) is 41.4. The number of methoxy groups -OCH3 is 3. The first-order valence-corrected chi connectivity index (χ1v) is 34.7. The molecule has 7 aromatic carbocycles. The minimum Gasteiger partial charge on any atom is -0.481 e. The first-order chi connectivity index (χ1) is 49.7. The quantitative estimate of drug-likeness (QED) is 0.0199. The number of ether oxygens (including phenoxy) is 5. The molecule has 104 heavy (non-hydrogen) atoms. The molecule has 0 aliphatic heterocycles. The normalized spacial score (nSPS) is 14.1. The number of aliphatic carboxylic acids is 1. The van der Waals surface area contributed by atoms with Gasteiger partial charge < -0.3 is 50.9 Å². The third-order valence-corrected chi connectivity index (χ3v) is 18.1. The van der Waals surface area contributed by atoms with Crippen LogP contribution in [0.4, 0.5) is 0 Å². The second-order valence-electron chi connectivity index (χ2n) is 26.1. The molecule has 9 atom stereocenters. The van der Waals surface area contributed by atoms with Crippen molar-refractivity contribution in [3.63, 3.8) is 0 Å². The van der Waals surface area contributed by atoms with Gasteiger partial charge in [0.05, 0.1) is 82.0 Å². The Morgan fingerprint density at radius 1 is 0.365 bits per heavy atom. The molecule has 0 radical (unpaired) electrons. The summed E-state index contributed by atoms with van der Waals surface area (Å²) in [5.41, 5.74) is 23.0. The van der Waals surface area contributed by atoms with E-state index in [1.54, 1.807) is 34.6 Å². The highest BCUT2D eigenvalue weighted by molar-refractivity contribution is 5.94. The van der Waals surface area contributed by atoms with Gasteiger partial charge in [0.2, 0.25) is 11.8 Å². The van der Waals surface area contributed by atoms with Gasteiger partial charge in [-0.25, -0.2) is 0 Å². The van der Waals surface area contributed by atoms with Crippen LogP contribution >= 0.6 is 0 Å². The van der Waals surface area contributed by atoms with Crippen molar-refractivity contribution in [2.24, 2.45) is 41.1 Å². The molecule has 2 aliphatic carbocycles. The van der Waals surface area contributed by atoms with Crippen LogP contribution in [0, 0.1) is 29.6 Å². The number of hydrogen-bond acceptors (Lipinski definition) is 18. The van der Waals surface area contributed by atoms with Crippen LogP contribution in [0.1, 0.15) is 124 Å². The number of Topliss-reactive ketones (excluding diaryl/α,β-unsaturated/α-hetero) is 3. The summed E-state index contributed by atoms with van der Waals surface area (Å²) in [7, 11) is 3.92. The maximum atomic E-state index is 12.9. The monoisotopic (exact) mass is 1420 g/mol. The zero-order valence-electron chi connectivity index (χ0n) is 60.5. The van der Waals surface area contributed by atoms with Gasteiger partial charge in [0, 0.05) is 37.0 Å². The minimum absolute atomic E-state index is 0.00195. The van der Waals surface area contributed by atoms with Crippen LogP contribution in [0.5, 0.6) is 0 Å². The number of carboxylic acid groups (broad SMARTS) is 1. The Bertz CT molecular complexity index is 3960. The van der Waals surface area contributed by atoms with E-state index < -0.39 is 95.4 Å². The van der Waals surface area contributed by atoms with Gasteiger partial charge in [0.1, 0.15) is 19.0 Å². The van der Waals surface area contributed by atoms with Crippen molar-refractivity contribution in [2.45, 2.75) is 129 Å². The second-order valence-corrected chi connectivity index (χ2v) is 26.1. The van der Waals surface area contributed by atoms with E-state index in [1.165, 1.54) is 39.4 Å². The van der Waals surface area contributed by atoms with Crippen LogP contribution in [0.15, 0.2) is 188 Å². The van der Waals surface area contributed by atoms with Crippen LogP contribution in [0.3, 0.4) is 0 Å². The van der Waals surface area contributed by atoms with E-state index in [2.05, 4.69) is 34.9 Å². The van der Waals surface area contributed by atoms with E-state index in [4.69, 9.17) is 40.3 Å². The zero-order chi connectivity index (χ0) is 76.0. The molecule has 2 aliphatic rings. The van der Waals surface area contributed by atoms with Crippen molar-refractivity contribution in [1.82, 2.24) is 10.6 Å². The molecule has 0 saturated carbocycles. The fourth-order valence-electron chi connectivity index (χ4n) is 12.1. The summed E-state index contributed by atoms with van der Waals surface area (Å²) >= 11 is 0. The maximum absolute atomic E-state index is 12.9. The number of carboxylic acids is 1. The van der Waals surface area contributed by atoms with Gasteiger partial charge in [-0.05, 0) is 108 Å². The Kier molecular flexibility index (Phi) is 32.7. The van der Waals surface area contributed by atoms with Crippen molar-refractivity contribution in [1.29, 1.82) is 0 Å². The Hall–Kier alpha value is -10.8. The molecule has 0 heterocycles. The Morgan fingerprint density at radius 2 is 0.644 bits per heavy atom. The number of benzene rings is 7. The van der Waals surface area contributed by atoms with E-state index in [0.29, 0.717) is 19.3 Å². The van der Waals surface area contributed by atoms with E-state index in [-0.39, 0.29) is 80.5 Å². The number of fused-ring (bicyclic) bond motifs is 6. The SMILES string of the molecule is COC(=O)C(CC(=O)[C@H](C)N)Cc1ccccc1.COC(=O)C(CC(=O)[C@H](C)NC(=O)[C@H](C)N)Cc1ccccc1.COC(=O)[C@@H](CC(=O)[C@H](C)NC(=O)[C@H](C)CC(=O)OCC1c2ccccc2-c2ccccc21)Cc1ccccc1.C[C@H](CC(=O)OCC1c2ccccc2-c2ccccc21)C(=O)O. The molecular formula is C83H96N4O17. The van der Waals surface area contributed by atoms with Crippen LogP contribution in [0.25, 0.3) is 22.3 Å². The molecule has 2 unspecified atom stereocenters. The third kappa shape index (κ3) is 24.8. The van der Waals surface area contributed by atoms with Crippen molar-refractivity contribution in [3.8, 4) is 22.3 Å². The zero-order valence-corrected chi connectivity index (χ0v) is 60.5. The van der Waals surface area contributed by atoms with Crippen LogP contribution in [-0.2, 0) is 95.7 Å². The van der Waals surface area contributed by atoms with Gasteiger partial charge in [0.15, 0.2) is 11.6 Å². The van der Waals surface area contributed by atoms with Crippen molar-refractivity contribution in [2.75, 3.05) is 34.5 Å². The lowest BCUT2D eigenvalue weighted by molar-refractivity contribution is -0.151. The summed E-state index contributed by atoms with van der Waals surface area (Å²) in [5.74, 6) is -7.84. The highest BCUT2D eigenvalue weighted by Crippen LogP contribution is 2.46. The van der Waals surface area contributed by atoms with E-state index >= 15 is 0 Å². The maximum Gasteiger partial charge on any atom is 0.309 e. The minimum atomic E-state index is -0.987. The predicted octanol–water partition coefficient (Wildman–Crippen LogP) is 10.5. The van der Waals surface area contributed by atoms with E-state index in [9.17, 15) is 52.7 Å². The summed E-state index contributed by atoms with van der Waals surface area (Å²) in [4.78, 5) is 132. The fraction of sp³-hybridized carbons (Fsp3) is 0.361. The molecule has 2 amide bonds. The summed E-state index contributed by atoms with van der Waals surface area (Å²) < 4.78 is 25.4. The molecule has 0 saturated heterocycles. The lowest BCUT2D eigenvalue weighted by Crippen LogP contribution is -2.46. The molecule has 0 aromatic heterocycles. The average molecular weight is 1420 g/mol. The van der Waals surface area contributed by atoms with Crippen molar-refractivity contribution in [3.05, 3.63) is 227 Å². The molecular weight excluding hydrogens is 1320 g/mol. The van der Waals surface area contributed by atoms with Gasteiger partial charge >= 0.3 is 35.8 Å². The summed E-state index contributed by atoms with van der Waals surface area (Å²) in [5, 5.41) is 14.1. The molecule has 21 nitrogen and oxygen atoms in total. The lowest BCUT2D eigenvalue weighted by Gasteiger charge is -2.20.